The molecule has 112 valence electrons. The van der Waals surface area contributed by atoms with Crippen LogP contribution in [0, 0.1) is 6.92 Å². The van der Waals surface area contributed by atoms with Gasteiger partial charge in [-0.25, -0.2) is 14.8 Å². The second-order valence-corrected chi connectivity index (χ2v) is 4.21. The van der Waals surface area contributed by atoms with Crippen LogP contribution in [0.15, 0.2) is 6.07 Å². The first-order chi connectivity index (χ1) is 9.31. The van der Waals surface area contributed by atoms with Crippen LogP contribution in [-0.2, 0) is 4.74 Å². The van der Waals surface area contributed by atoms with Gasteiger partial charge in [0.15, 0.2) is 0 Å². The summed E-state index contributed by atoms with van der Waals surface area (Å²) in [6.45, 7) is 2.02. The van der Waals surface area contributed by atoms with E-state index in [1.807, 2.05) is 0 Å². The molecule has 0 radical (unpaired) electrons. The number of anilines is 1. The van der Waals surface area contributed by atoms with Gasteiger partial charge >= 0.3 is 12.1 Å². The standard InChI is InChI=1S/C12H16F3N3O2/c1-8-7-9(18-10(17-8)11(19)20-2)16-6-4-3-5-12(13,14)15/h7H,3-6H2,1-2H3,(H,16,17,18). The molecule has 0 fully saturated rings. The normalized spacial score (nSPS) is 11.2. The molecule has 0 aliphatic heterocycles. The number of rotatable bonds is 6. The Labute approximate surface area is 114 Å². The third-order valence-electron chi connectivity index (χ3n) is 2.42. The van der Waals surface area contributed by atoms with E-state index in [-0.39, 0.29) is 12.2 Å². The molecule has 0 saturated heterocycles. The lowest BCUT2D eigenvalue weighted by molar-refractivity contribution is -0.135. The zero-order valence-electron chi connectivity index (χ0n) is 11.3. The van der Waals surface area contributed by atoms with E-state index < -0.39 is 18.6 Å². The molecule has 1 aromatic rings. The quantitative estimate of drug-likeness (QED) is 0.645. The number of methoxy groups -OCH3 is 1. The summed E-state index contributed by atoms with van der Waals surface area (Å²) in [6, 6.07) is 1.61. The number of carbonyl (C=O) groups excluding carboxylic acids is 1. The number of nitrogens with zero attached hydrogens (tertiary/aromatic N) is 2. The number of aryl methyl sites for hydroxylation is 1. The van der Waals surface area contributed by atoms with Crippen molar-refractivity contribution < 1.29 is 22.7 Å². The zero-order valence-corrected chi connectivity index (χ0v) is 11.3. The average Bonchev–Trinajstić information content (AvgIpc) is 2.35. The lowest BCUT2D eigenvalue weighted by Crippen LogP contribution is -2.12. The Bertz CT molecular complexity index is 464. The zero-order chi connectivity index (χ0) is 15.2. The summed E-state index contributed by atoms with van der Waals surface area (Å²) in [4.78, 5) is 19.1. The molecule has 0 atom stereocenters. The van der Waals surface area contributed by atoms with Crippen LogP contribution in [0.4, 0.5) is 19.0 Å². The highest BCUT2D eigenvalue weighted by Gasteiger charge is 2.25. The highest BCUT2D eigenvalue weighted by Crippen LogP contribution is 2.22. The number of nitrogens with one attached hydrogen (secondary N) is 1. The highest BCUT2D eigenvalue weighted by molar-refractivity contribution is 5.85. The van der Waals surface area contributed by atoms with Crippen molar-refractivity contribution in [3.63, 3.8) is 0 Å². The minimum Gasteiger partial charge on any atom is -0.463 e. The molecule has 0 bridgehead atoms. The van der Waals surface area contributed by atoms with Gasteiger partial charge in [-0.05, 0) is 19.8 Å². The number of halogens is 3. The van der Waals surface area contributed by atoms with Crippen molar-refractivity contribution in [3.8, 4) is 0 Å². The molecule has 1 aromatic heterocycles. The molecular formula is C12H16F3N3O2. The molecule has 1 N–H and O–H groups in total. The van der Waals surface area contributed by atoms with Gasteiger partial charge in [0.05, 0.1) is 7.11 Å². The summed E-state index contributed by atoms with van der Waals surface area (Å²) >= 11 is 0. The number of ether oxygens (including phenoxy) is 1. The molecular weight excluding hydrogens is 275 g/mol. The summed E-state index contributed by atoms with van der Waals surface area (Å²) in [5.41, 5.74) is 0.568. The smallest absolute Gasteiger partial charge is 0.389 e. The molecule has 0 aliphatic carbocycles. The van der Waals surface area contributed by atoms with E-state index in [1.54, 1.807) is 13.0 Å². The fourth-order valence-electron chi connectivity index (χ4n) is 1.51. The number of alkyl halides is 3. The Morgan fingerprint density at radius 3 is 2.65 bits per heavy atom. The first-order valence-corrected chi connectivity index (χ1v) is 6.06. The van der Waals surface area contributed by atoms with Crippen LogP contribution in [0.1, 0.15) is 35.6 Å². The molecule has 0 unspecified atom stereocenters. The monoisotopic (exact) mass is 291 g/mol. The molecule has 5 nitrogen and oxygen atoms in total. The van der Waals surface area contributed by atoms with Crippen molar-refractivity contribution in [3.05, 3.63) is 17.6 Å². The maximum atomic E-state index is 11.9. The summed E-state index contributed by atoms with van der Waals surface area (Å²) in [5, 5.41) is 2.86. The van der Waals surface area contributed by atoms with E-state index in [0.717, 1.165) is 0 Å². The first-order valence-electron chi connectivity index (χ1n) is 6.06. The van der Waals surface area contributed by atoms with Gasteiger partial charge in [-0.3, -0.25) is 0 Å². The van der Waals surface area contributed by atoms with Gasteiger partial charge in [0.1, 0.15) is 5.82 Å². The number of aromatic nitrogens is 2. The molecule has 0 amide bonds. The van der Waals surface area contributed by atoms with E-state index in [4.69, 9.17) is 0 Å². The highest BCUT2D eigenvalue weighted by atomic mass is 19.4. The van der Waals surface area contributed by atoms with Crippen molar-refractivity contribution >= 4 is 11.8 Å². The summed E-state index contributed by atoms with van der Waals surface area (Å²) in [6.07, 6.45) is -4.52. The van der Waals surface area contributed by atoms with E-state index in [1.165, 1.54) is 7.11 Å². The maximum Gasteiger partial charge on any atom is 0.389 e. The fourth-order valence-corrected chi connectivity index (χ4v) is 1.51. The molecule has 1 rings (SSSR count). The van der Waals surface area contributed by atoms with Crippen molar-refractivity contribution in [1.82, 2.24) is 9.97 Å². The van der Waals surface area contributed by atoms with Gasteiger partial charge in [0, 0.05) is 24.7 Å². The minimum absolute atomic E-state index is 0.0461. The average molecular weight is 291 g/mol. The van der Waals surface area contributed by atoms with E-state index >= 15 is 0 Å². The third-order valence-corrected chi connectivity index (χ3v) is 2.42. The van der Waals surface area contributed by atoms with Gasteiger partial charge < -0.3 is 10.1 Å². The lowest BCUT2D eigenvalue weighted by atomic mass is 10.2. The van der Waals surface area contributed by atoms with E-state index in [2.05, 4.69) is 20.0 Å². The molecule has 1 heterocycles. The minimum atomic E-state index is -4.12. The van der Waals surface area contributed by atoms with Crippen molar-refractivity contribution in [2.24, 2.45) is 0 Å². The number of unbranched alkanes of at least 4 members (excludes halogenated alkanes) is 1. The number of hydrogen-bond donors (Lipinski definition) is 1. The molecule has 0 saturated carbocycles. The van der Waals surface area contributed by atoms with Crippen LogP contribution in [0.3, 0.4) is 0 Å². The Hall–Kier alpha value is -1.86. The molecule has 0 aromatic carbocycles. The fraction of sp³-hybridized carbons (Fsp3) is 0.583. The van der Waals surface area contributed by atoms with E-state index in [9.17, 15) is 18.0 Å². The largest absolute Gasteiger partial charge is 0.463 e. The lowest BCUT2D eigenvalue weighted by Gasteiger charge is -2.08. The van der Waals surface area contributed by atoms with Crippen molar-refractivity contribution in [2.75, 3.05) is 19.0 Å². The Morgan fingerprint density at radius 2 is 2.05 bits per heavy atom. The maximum absolute atomic E-state index is 11.9. The first kappa shape index (κ1) is 16.2. The van der Waals surface area contributed by atoms with Gasteiger partial charge in [-0.1, -0.05) is 0 Å². The third kappa shape index (κ3) is 5.85. The second kappa shape index (κ2) is 7.06. The Kier molecular flexibility index (Phi) is 5.72. The Balaban J connectivity index is 2.48. The van der Waals surface area contributed by atoms with Crippen LogP contribution < -0.4 is 5.32 Å². The molecule has 20 heavy (non-hydrogen) atoms. The predicted octanol–water partition coefficient (Wildman–Crippen LogP) is 2.72. The van der Waals surface area contributed by atoms with Crippen LogP contribution in [0.5, 0.6) is 0 Å². The molecule has 8 heteroatoms. The van der Waals surface area contributed by atoms with Gasteiger partial charge in [-0.15, -0.1) is 0 Å². The summed E-state index contributed by atoms with van der Waals surface area (Å²) < 4.78 is 40.4. The van der Waals surface area contributed by atoms with Gasteiger partial charge in [0.25, 0.3) is 0 Å². The van der Waals surface area contributed by atoms with Gasteiger partial charge in [0.2, 0.25) is 5.82 Å². The van der Waals surface area contributed by atoms with E-state index in [0.29, 0.717) is 24.5 Å². The topological polar surface area (TPSA) is 64.1 Å². The number of hydrogen-bond acceptors (Lipinski definition) is 5. The van der Waals surface area contributed by atoms with Crippen LogP contribution >= 0.6 is 0 Å². The van der Waals surface area contributed by atoms with Crippen molar-refractivity contribution in [2.45, 2.75) is 32.4 Å². The van der Waals surface area contributed by atoms with Crippen LogP contribution in [0.25, 0.3) is 0 Å². The van der Waals surface area contributed by atoms with Crippen LogP contribution in [-0.4, -0.2) is 35.8 Å². The molecule has 0 aliphatic rings. The summed E-state index contributed by atoms with van der Waals surface area (Å²) in [7, 11) is 1.22. The predicted molar refractivity (Wildman–Crippen MR) is 66.5 cm³/mol. The molecule has 0 spiro atoms. The summed E-state index contributed by atoms with van der Waals surface area (Å²) in [5.74, 6) is -0.343. The van der Waals surface area contributed by atoms with Crippen LogP contribution in [0.2, 0.25) is 0 Å². The van der Waals surface area contributed by atoms with Gasteiger partial charge in [-0.2, -0.15) is 13.2 Å². The second-order valence-electron chi connectivity index (χ2n) is 4.21. The Morgan fingerprint density at radius 1 is 1.35 bits per heavy atom. The SMILES string of the molecule is COC(=O)c1nc(C)cc(NCCCCC(F)(F)F)n1. The van der Waals surface area contributed by atoms with Crippen molar-refractivity contribution in [1.29, 1.82) is 0 Å². The number of esters is 1. The number of carbonyl (C=O) groups is 1.